The average molecular weight is 548 g/mol. The second-order valence-corrected chi connectivity index (χ2v) is 12.6. The Labute approximate surface area is 170 Å². The van der Waals surface area contributed by atoms with Crippen molar-refractivity contribution in [2.45, 2.75) is 8.06 Å². The number of ether oxygens (including phenoxy) is 2. The summed E-state index contributed by atoms with van der Waals surface area (Å²) in [5.74, 6) is 1.19. The first-order valence-corrected chi connectivity index (χ1v) is 9.65. The summed E-state index contributed by atoms with van der Waals surface area (Å²) < 4.78 is 10.4. The van der Waals surface area contributed by atoms with Crippen molar-refractivity contribution in [1.82, 2.24) is 0 Å². The van der Waals surface area contributed by atoms with Gasteiger partial charge >= 0.3 is 0 Å². The highest BCUT2D eigenvalue weighted by atomic mass is 80.0. The Morgan fingerprint density at radius 3 is 1.52 bits per heavy atom. The van der Waals surface area contributed by atoms with Gasteiger partial charge in [-0.25, -0.2) is 0 Å². The van der Waals surface area contributed by atoms with Gasteiger partial charge in [0.25, 0.3) is 0 Å². The van der Waals surface area contributed by atoms with Crippen LogP contribution in [0.25, 0.3) is 0 Å². The molecule has 0 N–H and O–H groups in total. The van der Waals surface area contributed by atoms with Gasteiger partial charge in [-0.15, -0.1) is 0 Å². The number of benzene rings is 2. The molecule has 0 radical (unpaired) electrons. The first-order chi connectivity index (χ1) is 10.8. The minimum atomic E-state index is -0.650. The molecule has 0 atom stereocenters. The van der Waals surface area contributed by atoms with Gasteiger partial charge in [0.05, 0.1) is 20.1 Å². The molecule has 0 fully saturated rings. The van der Waals surface area contributed by atoms with E-state index in [2.05, 4.69) is 47.8 Å². The van der Waals surface area contributed by atoms with Gasteiger partial charge in [-0.1, -0.05) is 71.0 Å². The molecule has 0 bridgehead atoms. The monoisotopic (exact) mass is 544 g/mol. The molecule has 124 valence electrons. The molecule has 0 aliphatic heterocycles. The van der Waals surface area contributed by atoms with E-state index in [9.17, 15) is 0 Å². The molecule has 7 heteroatoms. The Morgan fingerprint density at radius 2 is 1.22 bits per heavy atom. The zero-order valence-corrected chi connectivity index (χ0v) is 18.5. The van der Waals surface area contributed by atoms with Gasteiger partial charge in [-0.05, 0) is 36.4 Å². The van der Waals surface area contributed by atoms with Crippen LogP contribution in [-0.4, -0.2) is 16.4 Å². The predicted molar refractivity (Wildman–Crippen MR) is 107 cm³/mol. The van der Waals surface area contributed by atoms with E-state index in [1.807, 2.05) is 24.3 Å². The van der Waals surface area contributed by atoms with Gasteiger partial charge in [0.1, 0.15) is 13.6 Å². The highest BCUT2D eigenvalue weighted by molar-refractivity contribution is 9.39. The number of halogens is 5. The van der Waals surface area contributed by atoms with Crippen LogP contribution in [0.1, 0.15) is 17.0 Å². The molecule has 0 aliphatic rings. The smallest absolute Gasteiger partial charge is 0.146 e. The molecule has 2 nitrogen and oxygen atoms in total. The third-order valence-corrected chi connectivity index (χ3v) is 5.18. The van der Waals surface area contributed by atoms with Crippen LogP contribution in [0, 0.1) is 0 Å². The predicted octanol–water partition coefficient (Wildman–Crippen LogP) is 6.98. The van der Waals surface area contributed by atoms with Crippen molar-refractivity contribution in [2.75, 3.05) is 14.2 Å². The lowest BCUT2D eigenvalue weighted by Gasteiger charge is -2.29. The fraction of sp³-hybridized carbons (Fsp3) is 0.250. The van der Waals surface area contributed by atoms with E-state index >= 15 is 0 Å². The summed E-state index contributed by atoms with van der Waals surface area (Å²) in [5.41, 5.74) is 1.76. The second-order valence-electron chi connectivity index (χ2n) is 4.75. The van der Waals surface area contributed by atoms with Crippen LogP contribution < -0.4 is 9.47 Å². The van der Waals surface area contributed by atoms with Crippen molar-refractivity contribution in [3.05, 3.63) is 57.6 Å². The second kappa shape index (κ2) is 7.96. The van der Waals surface area contributed by atoms with Crippen LogP contribution in [0.4, 0.5) is 0 Å². The summed E-state index contributed by atoms with van der Waals surface area (Å²) in [7, 11) is 3.24. The molecule has 0 aliphatic carbocycles. The molecule has 0 saturated carbocycles. The van der Waals surface area contributed by atoms with Crippen molar-refractivity contribution in [1.29, 1.82) is 0 Å². The lowest BCUT2D eigenvalue weighted by Crippen LogP contribution is -2.18. The van der Waals surface area contributed by atoms with E-state index in [-0.39, 0.29) is 5.92 Å². The molecule has 0 unspecified atom stereocenters. The maximum atomic E-state index is 6.20. The number of methoxy groups -OCH3 is 2. The fourth-order valence-corrected chi connectivity index (χ4v) is 4.22. The molecule has 2 aromatic rings. The molecular formula is C16H13Br3Cl2O2. The van der Waals surface area contributed by atoms with Crippen LogP contribution in [0.15, 0.2) is 36.4 Å². The molecule has 2 aromatic carbocycles. The van der Waals surface area contributed by atoms with Crippen LogP contribution in [0.3, 0.4) is 0 Å². The maximum absolute atomic E-state index is 6.20. The highest BCUT2D eigenvalue weighted by Crippen LogP contribution is 2.54. The zero-order chi connectivity index (χ0) is 17.2. The summed E-state index contributed by atoms with van der Waals surface area (Å²) in [6.07, 6.45) is 0. The largest absolute Gasteiger partial charge is 0.496 e. The number of rotatable bonds is 4. The molecule has 0 aromatic heterocycles. The van der Waals surface area contributed by atoms with Gasteiger partial charge in [0.2, 0.25) is 0 Å². The third kappa shape index (κ3) is 4.57. The molecule has 23 heavy (non-hydrogen) atoms. The van der Waals surface area contributed by atoms with Crippen molar-refractivity contribution in [2.24, 2.45) is 0 Å². The van der Waals surface area contributed by atoms with E-state index in [1.54, 1.807) is 26.4 Å². The van der Waals surface area contributed by atoms with Gasteiger partial charge in [-0.2, -0.15) is 0 Å². The lowest BCUT2D eigenvalue weighted by molar-refractivity contribution is 0.401. The Morgan fingerprint density at radius 1 is 0.826 bits per heavy atom. The van der Waals surface area contributed by atoms with Gasteiger partial charge in [0.15, 0.2) is 0 Å². The first-order valence-electron chi connectivity index (χ1n) is 6.51. The maximum Gasteiger partial charge on any atom is 0.146 e. The number of hydrogen-bond donors (Lipinski definition) is 0. The Balaban J connectivity index is 2.74. The van der Waals surface area contributed by atoms with E-state index < -0.39 is 2.14 Å². The number of hydrogen-bond acceptors (Lipinski definition) is 2. The Kier molecular flexibility index (Phi) is 6.71. The SMILES string of the molecule is COc1ccc(Cl)cc1C(c1cc(Cl)ccc1OC)C(Br)(Br)Br. The highest BCUT2D eigenvalue weighted by Gasteiger charge is 2.37. The summed E-state index contributed by atoms with van der Waals surface area (Å²) in [4.78, 5) is 0. The molecule has 0 heterocycles. The lowest BCUT2D eigenvalue weighted by atomic mass is 9.91. The van der Waals surface area contributed by atoms with Crippen LogP contribution in [0.2, 0.25) is 10.0 Å². The summed E-state index contributed by atoms with van der Waals surface area (Å²) in [5, 5.41) is 1.23. The minimum absolute atomic E-state index is 0.232. The summed E-state index contributed by atoms with van der Waals surface area (Å²) >= 11 is 23.3. The Bertz CT molecular complexity index is 649. The van der Waals surface area contributed by atoms with Crippen LogP contribution >= 0.6 is 71.0 Å². The van der Waals surface area contributed by atoms with Crippen molar-refractivity contribution < 1.29 is 9.47 Å². The standard InChI is InChI=1S/C16H13Br3Cl2O2/c1-22-13-5-3-9(20)7-11(13)15(16(17,18)19)12-8-10(21)4-6-14(12)23-2/h3-8,15H,1-2H3. The summed E-state index contributed by atoms with van der Waals surface area (Å²) in [6, 6.07) is 11.0. The average Bonchev–Trinajstić information content (AvgIpc) is 2.46. The Hall–Kier alpha value is 0.0600. The number of alkyl halides is 3. The summed E-state index contributed by atoms with van der Waals surface area (Å²) in [6.45, 7) is 0. The minimum Gasteiger partial charge on any atom is -0.496 e. The van der Waals surface area contributed by atoms with E-state index in [0.29, 0.717) is 21.5 Å². The molecular weight excluding hydrogens is 535 g/mol. The molecule has 2 rings (SSSR count). The van der Waals surface area contributed by atoms with Gasteiger partial charge in [0, 0.05) is 21.2 Å². The topological polar surface area (TPSA) is 18.5 Å². The quantitative estimate of drug-likeness (QED) is 0.385. The first kappa shape index (κ1) is 19.4. The van der Waals surface area contributed by atoms with E-state index in [4.69, 9.17) is 32.7 Å². The zero-order valence-electron chi connectivity index (χ0n) is 12.2. The molecule has 0 spiro atoms. The van der Waals surface area contributed by atoms with Crippen molar-refractivity contribution >= 4 is 71.0 Å². The van der Waals surface area contributed by atoms with Crippen LogP contribution in [-0.2, 0) is 0 Å². The molecule has 0 amide bonds. The van der Waals surface area contributed by atoms with E-state index in [0.717, 1.165) is 11.1 Å². The fourth-order valence-electron chi connectivity index (χ4n) is 2.38. The normalized spacial score (nSPS) is 11.7. The van der Waals surface area contributed by atoms with Gasteiger partial charge in [-0.3, -0.25) is 0 Å². The third-order valence-electron chi connectivity index (χ3n) is 3.33. The van der Waals surface area contributed by atoms with Crippen LogP contribution in [0.5, 0.6) is 11.5 Å². The van der Waals surface area contributed by atoms with Gasteiger partial charge < -0.3 is 9.47 Å². The molecule has 0 saturated heterocycles. The van der Waals surface area contributed by atoms with Crippen molar-refractivity contribution in [3.63, 3.8) is 0 Å². The van der Waals surface area contributed by atoms with Crippen molar-refractivity contribution in [3.8, 4) is 11.5 Å². The van der Waals surface area contributed by atoms with E-state index in [1.165, 1.54) is 0 Å².